The molecule has 0 saturated heterocycles. The molecule has 94 valence electrons. The molecule has 0 bridgehead atoms. The number of thiazole rings is 1. The highest BCUT2D eigenvalue weighted by Gasteiger charge is 2.06. The zero-order chi connectivity index (χ0) is 13.1. The Bertz CT molecular complexity index is 544. The van der Waals surface area contributed by atoms with Gasteiger partial charge in [-0.15, -0.1) is 11.3 Å². The molecular formula is C12H12N2O3S. The molecule has 2 rings (SSSR count). The summed E-state index contributed by atoms with van der Waals surface area (Å²) >= 11 is 1.59. The Kier molecular flexibility index (Phi) is 3.57. The largest absolute Gasteiger partial charge is 0.485 e. The van der Waals surface area contributed by atoms with Gasteiger partial charge < -0.3 is 9.84 Å². The molecule has 0 aliphatic heterocycles. The van der Waals surface area contributed by atoms with Crippen LogP contribution >= 0.6 is 11.3 Å². The zero-order valence-corrected chi connectivity index (χ0v) is 10.8. The van der Waals surface area contributed by atoms with Crippen LogP contribution in [0, 0.1) is 13.8 Å². The number of nitrogens with zero attached hydrogens (tertiary/aromatic N) is 2. The van der Waals surface area contributed by atoms with Crippen LogP contribution in [0.25, 0.3) is 0 Å². The third kappa shape index (κ3) is 2.84. The molecule has 0 aliphatic carbocycles. The molecule has 6 heteroatoms. The van der Waals surface area contributed by atoms with Crippen LogP contribution in [0.5, 0.6) is 5.75 Å². The van der Waals surface area contributed by atoms with Crippen molar-refractivity contribution >= 4 is 17.3 Å². The summed E-state index contributed by atoms with van der Waals surface area (Å²) in [6, 6.07) is 3.00. The standard InChI is InChI=1S/C12H12N2O3S/c1-7-8(2)18-11(14-7)6-17-9-3-4-10(12(15)16)13-5-9/h3-5H,6H2,1-2H3,(H,15,16). The summed E-state index contributed by atoms with van der Waals surface area (Å²) in [7, 11) is 0. The second-order valence-corrected chi connectivity index (χ2v) is 5.01. The van der Waals surface area contributed by atoms with E-state index in [-0.39, 0.29) is 5.69 Å². The van der Waals surface area contributed by atoms with Gasteiger partial charge in [-0.2, -0.15) is 0 Å². The Morgan fingerprint density at radius 3 is 2.72 bits per heavy atom. The average Bonchev–Trinajstić information content (AvgIpc) is 2.67. The molecule has 0 spiro atoms. The average molecular weight is 264 g/mol. The Balaban J connectivity index is 2.00. The van der Waals surface area contributed by atoms with Crippen molar-refractivity contribution in [3.05, 3.63) is 39.6 Å². The van der Waals surface area contributed by atoms with Crippen LogP contribution < -0.4 is 4.74 Å². The summed E-state index contributed by atoms with van der Waals surface area (Å²) in [5.74, 6) is -0.516. The second kappa shape index (κ2) is 5.14. The van der Waals surface area contributed by atoms with E-state index in [4.69, 9.17) is 9.84 Å². The molecular weight excluding hydrogens is 252 g/mol. The van der Waals surface area contributed by atoms with Gasteiger partial charge in [-0.1, -0.05) is 0 Å². The van der Waals surface area contributed by atoms with E-state index in [1.807, 2.05) is 13.8 Å². The number of aromatic nitrogens is 2. The van der Waals surface area contributed by atoms with Crippen LogP contribution in [0.3, 0.4) is 0 Å². The van der Waals surface area contributed by atoms with Gasteiger partial charge in [0.2, 0.25) is 0 Å². The Morgan fingerprint density at radius 2 is 2.22 bits per heavy atom. The van der Waals surface area contributed by atoms with Gasteiger partial charge in [0.05, 0.1) is 11.9 Å². The fourth-order valence-corrected chi connectivity index (χ4v) is 2.19. The van der Waals surface area contributed by atoms with E-state index in [1.165, 1.54) is 17.1 Å². The smallest absolute Gasteiger partial charge is 0.354 e. The van der Waals surface area contributed by atoms with E-state index in [2.05, 4.69) is 9.97 Å². The lowest BCUT2D eigenvalue weighted by Crippen LogP contribution is -2.00. The van der Waals surface area contributed by atoms with Crippen molar-refractivity contribution in [1.82, 2.24) is 9.97 Å². The lowest BCUT2D eigenvalue weighted by Gasteiger charge is -2.03. The Morgan fingerprint density at radius 1 is 1.44 bits per heavy atom. The van der Waals surface area contributed by atoms with Crippen LogP contribution in [-0.2, 0) is 6.61 Å². The van der Waals surface area contributed by atoms with Gasteiger partial charge in [0.15, 0.2) is 0 Å². The fraction of sp³-hybridized carbons (Fsp3) is 0.250. The number of carbonyl (C=O) groups is 1. The number of carboxylic acids is 1. The molecule has 0 radical (unpaired) electrons. The molecule has 0 aliphatic rings. The third-order valence-corrected chi connectivity index (χ3v) is 3.44. The van der Waals surface area contributed by atoms with Gasteiger partial charge in [-0.3, -0.25) is 0 Å². The van der Waals surface area contributed by atoms with Crippen molar-refractivity contribution in [2.24, 2.45) is 0 Å². The van der Waals surface area contributed by atoms with E-state index in [0.29, 0.717) is 12.4 Å². The van der Waals surface area contributed by atoms with Gasteiger partial charge in [-0.25, -0.2) is 14.8 Å². The van der Waals surface area contributed by atoms with Crippen molar-refractivity contribution in [3.8, 4) is 5.75 Å². The fourth-order valence-electron chi connectivity index (χ4n) is 1.34. The number of pyridine rings is 1. The van der Waals surface area contributed by atoms with Crippen molar-refractivity contribution in [3.63, 3.8) is 0 Å². The molecule has 2 heterocycles. The SMILES string of the molecule is Cc1nc(COc2ccc(C(=O)O)nc2)sc1C. The number of aryl methyl sites for hydroxylation is 2. The lowest BCUT2D eigenvalue weighted by atomic mass is 10.3. The quantitative estimate of drug-likeness (QED) is 0.918. The highest BCUT2D eigenvalue weighted by Crippen LogP contribution is 2.18. The van der Waals surface area contributed by atoms with Crippen LogP contribution in [0.2, 0.25) is 0 Å². The maximum atomic E-state index is 10.6. The van der Waals surface area contributed by atoms with E-state index in [1.54, 1.807) is 17.4 Å². The molecule has 5 nitrogen and oxygen atoms in total. The van der Waals surface area contributed by atoms with Crippen molar-refractivity contribution in [1.29, 1.82) is 0 Å². The van der Waals surface area contributed by atoms with Gasteiger partial charge >= 0.3 is 5.97 Å². The summed E-state index contributed by atoms with van der Waals surface area (Å²) < 4.78 is 5.49. The highest BCUT2D eigenvalue weighted by molar-refractivity contribution is 7.11. The summed E-state index contributed by atoms with van der Waals surface area (Å²) in [6.45, 7) is 4.34. The summed E-state index contributed by atoms with van der Waals surface area (Å²) in [6.07, 6.45) is 1.40. The van der Waals surface area contributed by atoms with E-state index < -0.39 is 5.97 Å². The minimum absolute atomic E-state index is 0.00304. The first kappa shape index (κ1) is 12.5. The van der Waals surface area contributed by atoms with Crippen LogP contribution in [0.1, 0.15) is 26.1 Å². The van der Waals surface area contributed by atoms with Crippen LogP contribution in [0.15, 0.2) is 18.3 Å². The Hall–Kier alpha value is -1.95. The van der Waals surface area contributed by atoms with Gasteiger partial charge in [0.25, 0.3) is 0 Å². The summed E-state index contributed by atoms with van der Waals surface area (Å²) in [5.41, 5.74) is 1.02. The number of hydrogen-bond acceptors (Lipinski definition) is 5. The molecule has 1 N–H and O–H groups in total. The zero-order valence-electron chi connectivity index (χ0n) is 10.0. The highest BCUT2D eigenvalue weighted by atomic mass is 32.1. The minimum Gasteiger partial charge on any atom is -0.485 e. The van der Waals surface area contributed by atoms with Crippen molar-refractivity contribution in [2.75, 3.05) is 0 Å². The molecule has 18 heavy (non-hydrogen) atoms. The number of rotatable bonds is 4. The molecule has 2 aromatic heterocycles. The maximum Gasteiger partial charge on any atom is 0.354 e. The van der Waals surface area contributed by atoms with E-state index >= 15 is 0 Å². The first-order chi connectivity index (χ1) is 8.56. The maximum absolute atomic E-state index is 10.6. The topological polar surface area (TPSA) is 72.3 Å². The normalized spacial score (nSPS) is 10.3. The first-order valence-corrected chi connectivity index (χ1v) is 6.13. The minimum atomic E-state index is -1.05. The molecule has 0 aromatic carbocycles. The lowest BCUT2D eigenvalue weighted by molar-refractivity contribution is 0.0690. The van der Waals surface area contributed by atoms with Gasteiger partial charge in [-0.05, 0) is 26.0 Å². The van der Waals surface area contributed by atoms with Gasteiger partial charge in [0.1, 0.15) is 23.1 Å². The second-order valence-electron chi connectivity index (χ2n) is 3.72. The molecule has 0 fully saturated rings. The molecule has 0 saturated carbocycles. The van der Waals surface area contributed by atoms with Crippen molar-refractivity contribution < 1.29 is 14.6 Å². The number of carboxylic acid groups (broad SMARTS) is 1. The number of hydrogen-bond donors (Lipinski definition) is 1. The molecule has 2 aromatic rings. The van der Waals surface area contributed by atoms with Crippen LogP contribution in [-0.4, -0.2) is 21.0 Å². The molecule has 0 atom stereocenters. The van der Waals surface area contributed by atoms with Gasteiger partial charge in [0, 0.05) is 4.88 Å². The predicted molar refractivity (Wildman–Crippen MR) is 67.1 cm³/mol. The number of aromatic carboxylic acids is 1. The Labute approximate surface area is 108 Å². The number of ether oxygens (including phenoxy) is 1. The third-order valence-electron chi connectivity index (χ3n) is 2.39. The van der Waals surface area contributed by atoms with Crippen LogP contribution in [0.4, 0.5) is 0 Å². The predicted octanol–water partition coefficient (Wildman–Crippen LogP) is 2.43. The van der Waals surface area contributed by atoms with E-state index in [9.17, 15) is 4.79 Å². The summed E-state index contributed by atoms with van der Waals surface area (Å²) in [5, 5.41) is 9.60. The molecule has 0 unspecified atom stereocenters. The van der Waals surface area contributed by atoms with Crippen molar-refractivity contribution in [2.45, 2.75) is 20.5 Å². The monoisotopic (exact) mass is 264 g/mol. The first-order valence-electron chi connectivity index (χ1n) is 5.31. The molecule has 0 amide bonds. The van der Waals surface area contributed by atoms with E-state index in [0.717, 1.165) is 10.7 Å². The summed E-state index contributed by atoms with van der Waals surface area (Å²) in [4.78, 5) is 19.9.